The molecular weight excluding hydrogens is 201 g/mol. The Bertz CT molecular complexity index is 283. The van der Waals surface area contributed by atoms with Gasteiger partial charge in [0.25, 0.3) is 5.70 Å². The van der Waals surface area contributed by atoms with Crippen LogP contribution in [0, 0.1) is 16.0 Å². The van der Waals surface area contributed by atoms with E-state index in [9.17, 15) is 10.1 Å². The minimum atomic E-state index is -0.452. The molecule has 0 heterocycles. The topological polar surface area (TPSA) is 43.1 Å². The summed E-state index contributed by atoms with van der Waals surface area (Å²) in [6.07, 6.45) is 1.93. The summed E-state index contributed by atoms with van der Waals surface area (Å²) in [4.78, 5) is 10.0. The molecule has 0 saturated heterocycles. The molecule has 1 aliphatic carbocycles. The lowest BCUT2D eigenvalue weighted by atomic mass is 9.99. The van der Waals surface area contributed by atoms with Gasteiger partial charge in [-0.15, -0.1) is 0 Å². The highest BCUT2D eigenvalue weighted by Crippen LogP contribution is 2.32. The highest BCUT2D eigenvalue weighted by atomic mass is 35.5. The lowest BCUT2D eigenvalue weighted by Gasteiger charge is -2.13. The number of allylic oxidation sites excluding steroid dienone is 4. The first-order chi connectivity index (χ1) is 5.52. The Labute approximate surface area is 79.8 Å². The third-order valence-corrected chi connectivity index (χ3v) is 2.26. The second-order valence-electron chi connectivity index (χ2n) is 2.69. The first-order valence-electron chi connectivity index (χ1n) is 3.42. The van der Waals surface area contributed by atoms with Crippen molar-refractivity contribution in [2.75, 3.05) is 0 Å². The van der Waals surface area contributed by atoms with Gasteiger partial charge in [-0.1, -0.05) is 30.1 Å². The first-order valence-corrected chi connectivity index (χ1v) is 4.18. The average Bonchev–Trinajstić information content (AvgIpc) is 1.82. The van der Waals surface area contributed by atoms with Crippen molar-refractivity contribution in [1.29, 1.82) is 0 Å². The summed E-state index contributed by atoms with van der Waals surface area (Å²) in [5.74, 6) is -0.204. The van der Waals surface area contributed by atoms with Crippen LogP contribution in [-0.4, -0.2) is 4.92 Å². The second-order valence-corrected chi connectivity index (χ2v) is 3.58. The minimum Gasteiger partial charge on any atom is -0.259 e. The van der Waals surface area contributed by atoms with Crippen LogP contribution in [0.15, 0.2) is 21.8 Å². The molecule has 0 aromatic heterocycles. The van der Waals surface area contributed by atoms with Crippen molar-refractivity contribution in [3.8, 4) is 0 Å². The molecule has 1 rings (SSSR count). The van der Waals surface area contributed by atoms with Gasteiger partial charge in [-0.25, -0.2) is 0 Å². The molecule has 0 aromatic carbocycles. The summed E-state index contributed by atoms with van der Waals surface area (Å²) in [6.45, 7) is 1.73. The molecule has 5 heteroatoms. The zero-order valence-corrected chi connectivity index (χ0v) is 7.89. The maximum absolute atomic E-state index is 10.5. The molecule has 12 heavy (non-hydrogen) atoms. The van der Waals surface area contributed by atoms with E-state index in [0.29, 0.717) is 11.5 Å². The van der Waals surface area contributed by atoms with E-state index in [0.717, 1.165) is 0 Å². The molecular formula is C7H7Cl2NO2. The number of rotatable bonds is 1. The van der Waals surface area contributed by atoms with Crippen LogP contribution in [-0.2, 0) is 0 Å². The summed E-state index contributed by atoms with van der Waals surface area (Å²) in [5.41, 5.74) is 0.0565. The van der Waals surface area contributed by atoms with E-state index >= 15 is 0 Å². The molecule has 0 saturated carbocycles. The molecule has 0 spiro atoms. The molecule has 1 aliphatic rings. The molecule has 0 unspecified atom stereocenters. The monoisotopic (exact) mass is 207 g/mol. The maximum atomic E-state index is 10.5. The van der Waals surface area contributed by atoms with Crippen molar-refractivity contribution in [3.63, 3.8) is 0 Å². The zero-order chi connectivity index (χ0) is 9.30. The van der Waals surface area contributed by atoms with E-state index in [4.69, 9.17) is 23.2 Å². The van der Waals surface area contributed by atoms with Crippen molar-refractivity contribution in [1.82, 2.24) is 0 Å². The van der Waals surface area contributed by atoms with E-state index in [2.05, 4.69) is 0 Å². The van der Waals surface area contributed by atoms with Crippen LogP contribution in [0.3, 0.4) is 0 Å². The third kappa shape index (κ3) is 1.79. The van der Waals surface area contributed by atoms with E-state index in [-0.39, 0.29) is 16.6 Å². The molecule has 3 nitrogen and oxygen atoms in total. The predicted molar refractivity (Wildman–Crippen MR) is 47.6 cm³/mol. The summed E-state index contributed by atoms with van der Waals surface area (Å²) in [6, 6.07) is 0. The lowest BCUT2D eigenvalue weighted by Crippen LogP contribution is -2.13. The van der Waals surface area contributed by atoms with Crippen molar-refractivity contribution in [2.24, 2.45) is 5.92 Å². The molecule has 0 radical (unpaired) electrons. The Balaban J connectivity index is 3.08. The number of nitro groups is 1. The molecule has 0 fully saturated rings. The van der Waals surface area contributed by atoms with Gasteiger partial charge in [0.05, 0.1) is 10.8 Å². The van der Waals surface area contributed by atoms with Gasteiger partial charge in [0.15, 0.2) is 0 Å². The number of nitrogens with zero attached hydrogens (tertiary/aromatic N) is 1. The Kier molecular flexibility index (Phi) is 2.75. The third-order valence-electron chi connectivity index (χ3n) is 1.69. The minimum absolute atomic E-state index is 0.0565. The molecule has 0 aromatic rings. The van der Waals surface area contributed by atoms with Gasteiger partial charge in [0.2, 0.25) is 0 Å². The van der Waals surface area contributed by atoms with Gasteiger partial charge in [0, 0.05) is 5.03 Å². The maximum Gasteiger partial charge on any atom is 0.267 e. The van der Waals surface area contributed by atoms with Crippen LogP contribution in [0.4, 0.5) is 0 Å². The van der Waals surface area contributed by atoms with Gasteiger partial charge >= 0.3 is 0 Å². The van der Waals surface area contributed by atoms with Crippen molar-refractivity contribution in [2.45, 2.75) is 13.3 Å². The fraction of sp³-hybridized carbons (Fsp3) is 0.429. The van der Waals surface area contributed by atoms with Gasteiger partial charge < -0.3 is 0 Å². The molecule has 0 bridgehead atoms. The Hall–Kier alpha value is -0.540. The number of hydrogen-bond donors (Lipinski definition) is 0. The van der Waals surface area contributed by atoms with Crippen LogP contribution in [0.5, 0.6) is 0 Å². The fourth-order valence-corrected chi connectivity index (χ4v) is 1.95. The zero-order valence-electron chi connectivity index (χ0n) is 6.38. The van der Waals surface area contributed by atoms with E-state index in [1.54, 1.807) is 6.92 Å². The number of halogens is 2. The van der Waals surface area contributed by atoms with Crippen LogP contribution < -0.4 is 0 Å². The van der Waals surface area contributed by atoms with Crippen molar-refractivity contribution in [3.05, 3.63) is 32.0 Å². The Morgan fingerprint density at radius 1 is 1.67 bits per heavy atom. The van der Waals surface area contributed by atoms with Crippen LogP contribution in [0.2, 0.25) is 0 Å². The molecule has 1 atom stereocenters. The highest BCUT2D eigenvalue weighted by Gasteiger charge is 2.28. The Morgan fingerprint density at radius 3 is 2.67 bits per heavy atom. The van der Waals surface area contributed by atoms with E-state index in [1.165, 1.54) is 6.08 Å². The standard InChI is InChI=1S/C7H7Cl2NO2/c1-4-2-5(8)3-6(9)7(4)10(11)12/h3-4H,2H2,1H3/t4-/m1/s1. The fourth-order valence-electron chi connectivity index (χ4n) is 1.16. The largest absolute Gasteiger partial charge is 0.267 e. The molecule has 0 aliphatic heterocycles. The van der Waals surface area contributed by atoms with Gasteiger partial charge in [-0.3, -0.25) is 10.1 Å². The number of hydrogen-bond acceptors (Lipinski definition) is 2. The van der Waals surface area contributed by atoms with E-state index < -0.39 is 4.92 Å². The summed E-state index contributed by atoms with van der Waals surface area (Å²) in [5, 5.41) is 11.2. The van der Waals surface area contributed by atoms with Crippen LogP contribution in [0.25, 0.3) is 0 Å². The van der Waals surface area contributed by atoms with Gasteiger partial charge in [0.1, 0.15) is 5.03 Å². The summed E-state index contributed by atoms with van der Waals surface area (Å²) in [7, 11) is 0. The SMILES string of the molecule is C[C@@H]1CC(Cl)=CC(Cl)=C1[N+](=O)[O-]. The van der Waals surface area contributed by atoms with E-state index in [1.807, 2.05) is 0 Å². The van der Waals surface area contributed by atoms with Gasteiger partial charge in [-0.05, 0) is 12.5 Å². The predicted octanol–water partition coefficient (Wildman–Crippen LogP) is 2.88. The Morgan fingerprint density at radius 2 is 2.25 bits per heavy atom. The molecule has 66 valence electrons. The van der Waals surface area contributed by atoms with Crippen molar-refractivity contribution >= 4 is 23.2 Å². The van der Waals surface area contributed by atoms with Gasteiger partial charge in [-0.2, -0.15) is 0 Å². The molecule has 0 N–H and O–H groups in total. The summed E-state index contributed by atoms with van der Waals surface area (Å²) >= 11 is 11.3. The van der Waals surface area contributed by atoms with Crippen LogP contribution in [0.1, 0.15) is 13.3 Å². The normalized spacial score (nSPS) is 23.9. The van der Waals surface area contributed by atoms with Crippen LogP contribution >= 0.6 is 23.2 Å². The van der Waals surface area contributed by atoms with Crippen molar-refractivity contribution < 1.29 is 4.92 Å². The highest BCUT2D eigenvalue weighted by molar-refractivity contribution is 6.35. The second kappa shape index (κ2) is 3.46. The summed E-state index contributed by atoms with van der Waals surface area (Å²) < 4.78 is 0. The smallest absolute Gasteiger partial charge is 0.259 e. The molecule has 0 amide bonds. The first kappa shape index (κ1) is 9.55. The quantitative estimate of drug-likeness (QED) is 0.491. The average molecular weight is 208 g/mol. The lowest BCUT2D eigenvalue weighted by molar-refractivity contribution is -0.433.